The lowest BCUT2D eigenvalue weighted by molar-refractivity contribution is -0.144. The first-order chi connectivity index (χ1) is 9.19. The second-order valence-electron chi connectivity index (χ2n) is 5.00. The van der Waals surface area contributed by atoms with E-state index < -0.39 is 11.4 Å². The van der Waals surface area contributed by atoms with Gasteiger partial charge in [0.1, 0.15) is 6.29 Å². The fourth-order valence-corrected chi connectivity index (χ4v) is 2.63. The van der Waals surface area contributed by atoms with Crippen LogP contribution < -0.4 is 0 Å². The molecule has 1 unspecified atom stereocenters. The molecule has 1 aromatic carbocycles. The summed E-state index contributed by atoms with van der Waals surface area (Å²) in [5.41, 5.74) is 1.15. The van der Waals surface area contributed by atoms with E-state index in [2.05, 4.69) is 0 Å². The van der Waals surface area contributed by atoms with Crippen LogP contribution >= 0.6 is 0 Å². The third-order valence-corrected chi connectivity index (χ3v) is 3.84. The molecule has 3 nitrogen and oxygen atoms in total. The van der Waals surface area contributed by atoms with Crippen LogP contribution in [0.2, 0.25) is 0 Å². The Kier molecular flexibility index (Phi) is 4.15. The number of benzene rings is 1. The van der Waals surface area contributed by atoms with Gasteiger partial charge in [-0.3, -0.25) is 4.79 Å². The number of aliphatic carboxylic acids is 1. The van der Waals surface area contributed by atoms with E-state index in [-0.39, 0.29) is 0 Å². The maximum absolute atomic E-state index is 11.7. The molecule has 0 saturated carbocycles. The lowest BCUT2D eigenvalue weighted by Gasteiger charge is -2.31. The van der Waals surface area contributed by atoms with Crippen LogP contribution in [0, 0.1) is 0 Å². The van der Waals surface area contributed by atoms with Crippen molar-refractivity contribution in [3.05, 3.63) is 47.5 Å². The number of aldehydes is 1. The molecule has 1 aliphatic carbocycles. The van der Waals surface area contributed by atoms with E-state index in [1.54, 1.807) is 0 Å². The number of carbonyl (C=O) groups is 2. The minimum absolute atomic E-state index is 0.506. The molecule has 0 heterocycles. The van der Waals surface area contributed by atoms with Crippen molar-refractivity contribution >= 4 is 12.3 Å². The van der Waals surface area contributed by atoms with Gasteiger partial charge in [0, 0.05) is 6.42 Å². The smallest absolute Gasteiger partial charge is 0.314 e. The van der Waals surface area contributed by atoms with Crippen molar-refractivity contribution < 1.29 is 14.7 Å². The summed E-state index contributed by atoms with van der Waals surface area (Å²) in [4.78, 5) is 22.0. The highest BCUT2D eigenvalue weighted by atomic mass is 16.4. The third-order valence-electron chi connectivity index (χ3n) is 3.84. The first kappa shape index (κ1) is 13.5. The molecule has 2 rings (SSSR count). The average Bonchev–Trinajstić information content (AvgIpc) is 2.46. The van der Waals surface area contributed by atoms with Gasteiger partial charge in [-0.25, -0.2) is 0 Å². The first-order valence-corrected chi connectivity index (χ1v) is 6.60. The number of aryl methyl sites for hydroxylation is 1. The van der Waals surface area contributed by atoms with Gasteiger partial charge >= 0.3 is 5.97 Å². The number of carboxylic acid groups (broad SMARTS) is 1. The molecule has 0 radical (unpaired) electrons. The molecule has 1 aromatic rings. The highest BCUT2D eigenvalue weighted by Crippen LogP contribution is 2.37. The predicted molar refractivity (Wildman–Crippen MR) is 73.1 cm³/mol. The Morgan fingerprint density at radius 1 is 1.26 bits per heavy atom. The molecular weight excluding hydrogens is 240 g/mol. The van der Waals surface area contributed by atoms with Crippen LogP contribution in [0.5, 0.6) is 0 Å². The van der Waals surface area contributed by atoms with E-state index in [9.17, 15) is 14.7 Å². The van der Waals surface area contributed by atoms with E-state index in [4.69, 9.17) is 0 Å². The lowest BCUT2D eigenvalue weighted by atomic mass is 9.71. The van der Waals surface area contributed by atoms with Gasteiger partial charge in [-0.15, -0.1) is 0 Å². The fourth-order valence-electron chi connectivity index (χ4n) is 2.63. The Morgan fingerprint density at radius 2 is 2.00 bits per heavy atom. The van der Waals surface area contributed by atoms with Gasteiger partial charge in [0.05, 0.1) is 5.41 Å². The number of rotatable bonds is 5. The fraction of sp³-hybridized carbons (Fsp3) is 0.375. The largest absolute Gasteiger partial charge is 0.481 e. The molecule has 3 heteroatoms. The van der Waals surface area contributed by atoms with Gasteiger partial charge in [0.2, 0.25) is 0 Å². The van der Waals surface area contributed by atoms with Crippen molar-refractivity contribution in [2.24, 2.45) is 0 Å². The van der Waals surface area contributed by atoms with Crippen LogP contribution in [0.1, 0.15) is 36.8 Å². The molecule has 1 aliphatic rings. The number of carboxylic acids is 1. The van der Waals surface area contributed by atoms with E-state index in [1.807, 2.05) is 36.4 Å². The molecule has 0 aliphatic heterocycles. The SMILES string of the molecule is O=CCCc1ccc(C2(C(=O)O)CC=CCC2)cc1. The summed E-state index contributed by atoms with van der Waals surface area (Å²) in [6.07, 6.45) is 8.12. The number of hydrogen-bond donors (Lipinski definition) is 1. The predicted octanol–water partition coefficient (Wildman–Crippen LogP) is 2.88. The molecule has 0 fully saturated rings. The van der Waals surface area contributed by atoms with Crippen molar-refractivity contribution in [1.82, 2.24) is 0 Å². The topological polar surface area (TPSA) is 54.4 Å². The Labute approximate surface area is 113 Å². The summed E-state index contributed by atoms with van der Waals surface area (Å²) in [6, 6.07) is 7.66. The summed E-state index contributed by atoms with van der Waals surface area (Å²) >= 11 is 0. The Hall–Kier alpha value is -1.90. The standard InChI is InChI=1S/C16H18O3/c17-12-4-5-13-6-8-14(9-7-13)16(15(18)19)10-2-1-3-11-16/h1-2,6-9,12H,3-5,10-11H2,(H,18,19). The van der Waals surface area contributed by atoms with Gasteiger partial charge in [0.25, 0.3) is 0 Å². The van der Waals surface area contributed by atoms with Gasteiger partial charge < -0.3 is 9.90 Å². The van der Waals surface area contributed by atoms with Crippen LogP contribution in [0.4, 0.5) is 0 Å². The number of carbonyl (C=O) groups excluding carboxylic acids is 1. The Morgan fingerprint density at radius 3 is 2.53 bits per heavy atom. The summed E-state index contributed by atoms with van der Waals surface area (Å²) < 4.78 is 0. The minimum Gasteiger partial charge on any atom is -0.481 e. The van der Waals surface area contributed by atoms with Gasteiger partial charge in [-0.05, 0) is 36.8 Å². The highest BCUT2D eigenvalue weighted by molar-refractivity contribution is 5.82. The zero-order chi connectivity index (χ0) is 13.7. The second kappa shape index (κ2) is 5.83. The zero-order valence-corrected chi connectivity index (χ0v) is 10.8. The molecule has 1 N–H and O–H groups in total. The van der Waals surface area contributed by atoms with E-state index in [0.717, 1.165) is 23.8 Å². The van der Waals surface area contributed by atoms with Crippen LogP contribution in [-0.4, -0.2) is 17.4 Å². The summed E-state index contributed by atoms with van der Waals surface area (Å²) in [7, 11) is 0. The van der Waals surface area contributed by atoms with Crippen molar-refractivity contribution in [2.45, 2.75) is 37.5 Å². The second-order valence-corrected chi connectivity index (χ2v) is 5.00. The van der Waals surface area contributed by atoms with Gasteiger partial charge in [-0.1, -0.05) is 36.4 Å². The Bertz CT molecular complexity index is 487. The van der Waals surface area contributed by atoms with Crippen LogP contribution in [0.25, 0.3) is 0 Å². The molecular formula is C16H18O3. The number of hydrogen-bond acceptors (Lipinski definition) is 2. The highest BCUT2D eigenvalue weighted by Gasteiger charge is 2.39. The molecule has 0 saturated heterocycles. The number of allylic oxidation sites excluding steroid dienone is 2. The van der Waals surface area contributed by atoms with Crippen molar-refractivity contribution in [1.29, 1.82) is 0 Å². The average molecular weight is 258 g/mol. The maximum atomic E-state index is 11.7. The van der Waals surface area contributed by atoms with Gasteiger partial charge in [-0.2, -0.15) is 0 Å². The molecule has 0 aromatic heterocycles. The monoisotopic (exact) mass is 258 g/mol. The van der Waals surface area contributed by atoms with Crippen molar-refractivity contribution in [3.63, 3.8) is 0 Å². The van der Waals surface area contributed by atoms with Crippen LogP contribution in [0.15, 0.2) is 36.4 Å². The first-order valence-electron chi connectivity index (χ1n) is 6.60. The molecule has 0 bridgehead atoms. The summed E-state index contributed by atoms with van der Waals surface area (Å²) in [6.45, 7) is 0. The molecule has 0 amide bonds. The molecule has 19 heavy (non-hydrogen) atoms. The molecule has 100 valence electrons. The third kappa shape index (κ3) is 2.75. The van der Waals surface area contributed by atoms with Crippen molar-refractivity contribution in [3.8, 4) is 0 Å². The normalized spacial score (nSPS) is 22.1. The Balaban J connectivity index is 2.25. The molecule has 1 atom stereocenters. The maximum Gasteiger partial charge on any atom is 0.314 e. The zero-order valence-electron chi connectivity index (χ0n) is 10.8. The quantitative estimate of drug-likeness (QED) is 0.652. The van der Waals surface area contributed by atoms with Crippen LogP contribution in [0.3, 0.4) is 0 Å². The van der Waals surface area contributed by atoms with E-state index in [0.29, 0.717) is 25.7 Å². The van der Waals surface area contributed by atoms with Crippen LogP contribution in [-0.2, 0) is 21.4 Å². The minimum atomic E-state index is -0.780. The molecule has 0 spiro atoms. The summed E-state index contributed by atoms with van der Waals surface area (Å²) in [5.74, 6) is -0.752. The van der Waals surface area contributed by atoms with Gasteiger partial charge in [0.15, 0.2) is 0 Å². The van der Waals surface area contributed by atoms with E-state index in [1.165, 1.54) is 0 Å². The van der Waals surface area contributed by atoms with Crippen molar-refractivity contribution in [2.75, 3.05) is 0 Å². The van der Waals surface area contributed by atoms with E-state index >= 15 is 0 Å². The lowest BCUT2D eigenvalue weighted by Crippen LogP contribution is -2.36. The summed E-state index contributed by atoms with van der Waals surface area (Å²) in [5, 5.41) is 9.57.